The van der Waals surface area contributed by atoms with Crippen LogP contribution in [0, 0.1) is 0 Å². The van der Waals surface area contributed by atoms with Crippen molar-refractivity contribution in [3.8, 4) is 0 Å². The maximum atomic E-state index is 12.3. The third-order valence-electron chi connectivity index (χ3n) is 3.74. The fraction of sp³-hybridized carbons (Fsp3) is 0.222. The van der Waals surface area contributed by atoms with E-state index < -0.39 is 0 Å². The molecule has 0 aliphatic carbocycles. The van der Waals surface area contributed by atoms with Gasteiger partial charge in [-0.2, -0.15) is 0 Å². The summed E-state index contributed by atoms with van der Waals surface area (Å²) in [5, 5.41) is 6.25. The van der Waals surface area contributed by atoms with Gasteiger partial charge >= 0.3 is 0 Å². The zero-order valence-electron chi connectivity index (χ0n) is 13.7. The normalized spacial score (nSPS) is 13.0. The summed E-state index contributed by atoms with van der Waals surface area (Å²) in [4.78, 5) is 25.2. The van der Waals surface area contributed by atoms with E-state index in [9.17, 15) is 9.59 Å². The monoisotopic (exact) mass is 346 g/mol. The van der Waals surface area contributed by atoms with Crippen LogP contribution in [0.3, 0.4) is 0 Å². The molecule has 2 aromatic rings. The van der Waals surface area contributed by atoms with Crippen LogP contribution in [-0.4, -0.2) is 31.4 Å². The number of nitrogens with one attached hydrogen (secondary N) is 3. The van der Waals surface area contributed by atoms with E-state index in [0.717, 1.165) is 10.6 Å². The zero-order chi connectivity index (χ0) is 17.5. The third kappa shape index (κ3) is 5.37. The van der Waals surface area contributed by atoms with Crippen molar-refractivity contribution in [2.75, 3.05) is 24.2 Å². The number of hydrogen-bond donors (Lipinski definition) is 3. The Labute approximate surface area is 146 Å². The van der Waals surface area contributed by atoms with Gasteiger partial charge in [0.15, 0.2) is 12.6 Å². The molecule has 0 aliphatic rings. The molecular weight excluding hydrogens is 326 g/mol. The highest BCUT2D eigenvalue weighted by Crippen LogP contribution is 2.12. The summed E-state index contributed by atoms with van der Waals surface area (Å²) in [5.74, 6) is -0.285. The Kier molecular flexibility index (Phi) is 6.35. The summed E-state index contributed by atoms with van der Waals surface area (Å²) in [5.41, 5.74) is 1.42. The number of carbonyl (C=O) groups excluding carboxylic acids is 2. The summed E-state index contributed by atoms with van der Waals surface area (Å²) in [6.07, 6.45) is 0. The first-order valence-electron chi connectivity index (χ1n) is 7.69. The number of halogens is 1. The Balaban J connectivity index is 1.86. The fourth-order valence-electron chi connectivity index (χ4n) is 2.14. The molecule has 2 amide bonds. The van der Waals surface area contributed by atoms with Crippen LogP contribution < -0.4 is 15.5 Å². The molecule has 0 aliphatic heterocycles. The van der Waals surface area contributed by atoms with Gasteiger partial charge in [0, 0.05) is 16.4 Å². The first-order valence-corrected chi connectivity index (χ1v) is 8.07. The first-order chi connectivity index (χ1) is 11.5. The SMILES string of the molecule is C[C@H](C(=O)Nc1ccccc1)[NH+](C)CC(=O)Nc1ccc(Cl)cc1. The van der Waals surface area contributed by atoms with Crippen molar-refractivity contribution in [2.45, 2.75) is 13.0 Å². The molecule has 0 bridgehead atoms. The smallest absolute Gasteiger partial charge is 0.282 e. The van der Waals surface area contributed by atoms with Crippen LogP contribution in [0.5, 0.6) is 0 Å². The Morgan fingerprint density at radius 2 is 1.58 bits per heavy atom. The van der Waals surface area contributed by atoms with Crippen molar-refractivity contribution in [3.05, 3.63) is 59.6 Å². The fourth-order valence-corrected chi connectivity index (χ4v) is 2.27. The van der Waals surface area contributed by atoms with Crippen LogP contribution in [-0.2, 0) is 9.59 Å². The molecule has 3 N–H and O–H groups in total. The average Bonchev–Trinajstić information content (AvgIpc) is 2.57. The first kappa shape index (κ1) is 18.0. The third-order valence-corrected chi connectivity index (χ3v) is 3.99. The maximum Gasteiger partial charge on any atom is 0.282 e. The molecule has 2 atom stereocenters. The van der Waals surface area contributed by atoms with Gasteiger partial charge < -0.3 is 15.5 Å². The van der Waals surface area contributed by atoms with Gasteiger partial charge in [-0.3, -0.25) is 9.59 Å². The van der Waals surface area contributed by atoms with Gasteiger partial charge in [-0.05, 0) is 43.3 Å². The van der Waals surface area contributed by atoms with Crippen molar-refractivity contribution >= 4 is 34.8 Å². The number of benzene rings is 2. The minimum Gasteiger partial charge on any atom is -0.321 e. The number of likely N-dealkylation sites (N-methyl/N-ethyl adjacent to an activating group) is 1. The van der Waals surface area contributed by atoms with Crippen molar-refractivity contribution in [2.24, 2.45) is 0 Å². The molecular formula is C18H21ClN3O2+. The second-order valence-corrected chi connectivity index (χ2v) is 6.09. The summed E-state index contributed by atoms with van der Waals surface area (Å²) in [6, 6.07) is 15.8. The quantitative estimate of drug-likeness (QED) is 0.747. The molecule has 126 valence electrons. The highest BCUT2D eigenvalue weighted by atomic mass is 35.5. The van der Waals surface area contributed by atoms with Crippen molar-refractivity contribution in [1.82, 2.24) is 0 Å². The van der Waals surface area contributed by atoms with Crippen molar-refractivity contribution in [3.63, 3.8) is 0 Å². The molecule has 0 spiro atoms. The Bertz CT molecular complexity index is 689. The molecule has 0 radical (unpaired) electrons. The molecule has 0 saturated heterocycles. The molecule has 6 heteroatoms. The van der Waals surface area contributed by atoms with Gasteiger partial charge in [0.05, 0.1) is 7.05 Å². The summed E-state index contributed by atoms with van der Waals surface area (Å²) in [6.45, 7) is 1.98. The van der Waals surface area contributed by atoms with E-state index in [0.29, 0.717) is 10.7 Å². The molecule has 0 heterocycles. The highest BCUT2D eigenvalue weighted by Gasteiger charge is 2.24. The van der Waals surface area contributed by atoms with Crippen LogP contribution in [0.2, 0.25) is 5.02 Å². The maximum absolute atomic E-state index is 12.3. The number of para-hydroxylation sites is 1. The molecule has 2 rings (SSSR count). The van der Waals surface area contributed by atoms with Crippen LogP contribution in [0.1, 0.15) is 6.92 Å². The number of quaternary nitrogens is 1. The van der Waals surface area contributed by atoms with Gasteiger partial charge in [0.25, 0.3) is 11.8 Å². The van der Waals surface area contributed by atoms with Gasteiger partial charge in [-0.15, -0.1) is 0 Å². The molecule has 5 nitrogen and oxygen atoms in total. The predicted molar refractivity (Wildman–Crippen MR) is 96.4 cm³/mol. The molecule has 0 saturated carbocycles. The lowest BCUT2D eigenvalue weighted by molar-refractivity contribution is -0.885. The number of anilines is 2. The van der Waals surface area contributed by atoms with E-state index in [-0.39, 0.29) is 24.4 Å². The lowest BCUT2D eigenvalue weighted by Gasteiger charge is -2.20. The minimum absolute atomic E-state index is 0.127. The number of hydrogen-bond acceptors (Lipinski definition) is 2. The number of carbonyl (C=O) groups is 2. The van der Waals surface area contributed by atoms with Gasteiger partial charge in [0.2, 0.25) is 0 Å². The van der Waals surface area contributed by atoms with Gasteiger partial charge in [-0.1, -0.05) is 29.8 Å². The minimum atomic E-state index is -0.360. The summed E-state index contributed by atoms with van der Waals surface area (Å²) < 4.78 is 0. The van der Waals surface area contributed by atoms with E-state index in [2.05, 4.69) is 10.6 Å². The molecule has 24 heavy (non-hydrogen) atoms. The van der Waals surface area contributed by atoms with Crippen LogP contribution in [0.15, 0.2) is 54.6 Å². The average molecular weight is 347 g/mol. The molecule has 0 aromatic heterocycles. The number of amides is 2. The molecule has 2 aromatic carbocycles. The van der Waals surface area contributed by atoms with Crippen LogP contribution >= 0.6 is 11.6 Å². The Morgan fingerprint density at radius 3 is 2.21 bits per heavy atom. The van der Waals surface area contributed by atoms with E-state index in [1.807, 2.05) is 37.4 Å². The predicted octanol–water partition coefficient (Wildman–Crippen LogP) is 1.82. The zero-order valence-corrected chi connectivity index (χ0v) is 14.4. The van der Waals surface area contributed by atoms with E-state index in [4.69, 9.17) is 11.6 Å². The summed E-state index contributed by atoms with van der Waals surface area (Å²) in [7, 11) is 1.82. The second kappa shape index (κ2) is 8.47. The second-order valence-electron chi connectivity index (χ2n) is 5.66. The molecule has 0 fully saturated rings. The lowest BCUT2D eigenvalue weighted by atomic mass is 10.2. The van der Waals surface area contributed by atoms with Crippen LogP contribution in [0.4, 0.5) is 11.4 Å². The van der Waals surface area contributed by atoms with Crippen LogP contribution in [0.25, 0.3) is 0 Å². The Morgan fingerprint density at radius 1 is 1.00 bits per heavy atom. The topological polar surface area (TPSA) is 62.6 Å². The van der Waals surface area contributed by atoms with Gasteiger partial charge in [0.1, 0.15) is 0 Å². The van der Waals surface area contributed by atoms with E-state index in [1.165, 1.54) is 0 Å². The highest BCUT2D eigenvalue weighted by molar-refractivity contribution is 6.30. The van der Waals surface area contributed by atoms with E-state index >= 15 is 0 Å². The van der Waals surface area contributed by atoms with E-state index in [1.54, 1.807) is 31.2 Å². The molecule has 1 unspecified atom stereocenters. The lowest BCUT2D eigenvalue weighted by Crippen LogP contribution is -3.14. The Hall–Kier alpha value is -2.37. The largest absolute Gasteiger partial charge is 0.321 e. The number of rotatable bonds is 6. The van der Waals surface area contributed by atoms with Gasteiger partial charge in [-0.25, -0.2) is 0 Å². The van der Waals surface area contributed by atoms with Crippen molar-refractivity contribution in [1.29, 1.82) is 0 Å². The standard InChI is InChI=1S/C18H20ClN3O2/c1-13(18(24)21-15-6-4-3-5-7-15)22(2)12-17(23)20-16-10-8-14(19)9-11-16/h3-11,13H,12H2,1-2H3,(H,20,23)(H,21,24)/p+1/t13-/m1/s1. The summed E-state index contributed by atoms with van der Waals surface area (Å²) >= 11 is 5.81. The van der Waals surface area contributed by atoms with Crippen molar-refractivity contribution < 1.29 is 14.5 Å².